The number of ether oxygens (including phenoxy) is 1. The molecule has 0 fully saturated rings. The van der Waals surface area contributed by atoms with Crippen LogP contribution in [-0.4, -0.2) is 42.3 Å². The number of rotatable bonds is 12. The summed E-state index contributed by atoms with van der Waals surface area (Å²) in [6.45, 7) is 4.31. The maximum absolute atomic E-state index is 12.4. The van der Waals surface area contributed by atoms with Gasteiger partial charge in [0.2, 0.25) is 5.91 Å². The summed E-state index contributed by atoms with van der Waals surface area (Å²) in [6.07, 6.45) is 2.72. The fourth-order valence-corrected chi connectivity index (χ4v) is 4.60. The van der Waals surface area contributed by atoms with E-state index in [4.69, 9.17) is 9.84 Å². The van der Waals surface area contributed by atoms with Gasteiger partial charge >= 0.3 is 12.1 Å². The highest BCUT2D eigenvalue weighted by Gasteiger charge is 2.29. The number of carbonyl (C=O) groups is 3. The SMILES string of the molecule is CCCC(CCNC(=O)[C@H](C)NC(=O)OCC1c2ccccc2-c2ccccc21)CCC(=O)O. The molecule has 1 unspecified atom stereocenters. The monoisotopic (exact) mass is 466 g/mol. The highest BCUT2D eigenvalue weighted by atomic mass is 16.5. The van der Waals surface area contributed by atoms with Crippen LogP contribution in [0.2, 0.25) is 0 Å². The number of benzene rings is 2. The average molecular weight is 467 g/mol. The number of fused-ring (bicyclic) bond motifs is 3. The van der Waals surface area contributed by atoms with Gasteiger partial charge in [0, 0.05) is 18.9 Å². The second kappa shape index (κ2) is 12.2. The van der Waals surface area contributed by atoms with E-state index in [0.29, 0.717) is 19.4 Å². The van der Waals surface area contributed by atoms with Crippen molar-refractivity contribution in [1.29, 1.82) is 0 Å². The second-order valence-corrected chi connectivity index (χ2v) is 8.86. The zero-order valence-corrected chi connectivity index (χ0v) is 19.9. The van der Waals surface area contributed by atoms with Gasteiger partial charge in [-0.2, -0.15) is 0 Å². The number of carboxylic acid groups (broad SMARTS) is 1. The minimum absolute atomic E-state index is 0.0383. The third kappa shape index (κ3) is 6.59. The van der Waals surface area contributed by atoms with E-state index in [2.05, 4.69) is 41.8 Å². The van der Waals surface area contributed by atoms with Crippen molar-refractivity contribution in [3.05, 3.63) is 59.7 Å². The Morgan fingerprint density at radius 1 is 0.971 bits per heavy atom. The average Bonchev–Trinajstić information content (AvgIpc) is 3.14. The van der Waals surface area contributed by atoms with Crippen LogP contribution in [0.1, 0.15) is 63.0 Å². The predicted molar refractivity (Wildman–Crippen MR) is 131 cm³/mol. The van der Waals surface area contributed by atoms with Crippen molar-refractivity contribution >= 4 is 18.0 Å². The third-order valence-corrected chi connectivity index (χ3v) is 6.39. The lowest BCUT2D eigenvalue weighted by Gasteiger charge is -2.18. The van der Waals surface area contributed by atoms with Crippen molar-refractivity contribution in [2.75, 3.05) is 13.2 Å². The Morgan fingerprint density at radius 2 is 1.59 bits per heavy atom. The largest absolute Gasteiger partial charge is 0.481 e. The number of amides is 2. The van der Waals surface area contributed by atoms with E-state index >= 15 is 0 Å². The molecule has 0 heterocycles. The van der Waals surface area contributed by atoms with E-state index in [1.54, 1.807) is 6.92 Å². The molecule has 0 bridgehead atoms. The Balaban J connectivity index is 1.45. The van der Waals surface area contributed by atoms with Crippen LogP contribution in [0.15, 0.2) is 48.5 Å². The molecule has 7 nitrogen and oxygen atoms in total. The Morgan fingerprint density at radius 3 is 2.18 bits per heavy atom. The van der Waals surface area contributed by atoms with Crippen molar-refractivity contribution in [1.82, 2.24) is 10.6 Å². The van der Waals surface area contributed by atoms with Crippen LogP contribution in [-0.2, 0) is 14.3 Å². The van der Waals surface area contributed by atoms with Crippen LogP contribution in [0.5, 0.6) is 0 Å². The number of aliphatic carboxylic acids is 1. The molecule has 3 N–H and O–H groups in total. The van der Waals surface area contributed by atoms with Crippen molar-refractivity contribution in [2.45, 2.75) is 57.9 Å². The van der Waals surface area contributed by atoms with Crippen LogP contribution in [0.3, 0.4) is 0 Å². The van der Waals surface area contributed by atoms with Gasteiger partial charge in [-0.15, -0.1) is 0 Å². The first-order valence-electron chi connectivity index (χ1n) is 12.0. The quantitative estimate of drug-likeness (QED) is 0.421. The highest BCUT2D eigenvalue weighted by Crippen LogP contribution is 2.44. The van der Waals surface area contributed by atoms with Gasteiger partial charge in [0.25, 0.3) is 0 Å². The lowest BCUT2D eigenvalue weighted by molar-refractivity contribution is -0.137. The van der Waals surface area contributed by atoms with Gasteiger partial charge in [-0.3, -0.25) is 9.59 Å². The number of carboxylic acids is 1. The van der Waals surface area contributed by atoms with Crippen LogP contribution in [0.25, 0.3) is 11.1 Å². The maximum atomic E-state index is 12.4. The van der Waals surface area contributed by atoms with E-state index in [1.807, 2.05) is 24.3 Å². The number of nitrogens with one attached hydrogen (secondary N) is 2. The lowest BCUT2D eigenvalue weighted by Crippen LogP contribution is -2.45. The predicted octanol–water partition coefficient (Wildman–Crippen LogP) is 4.70. The maximum Gasteiger partial charge on any atom is 0.407 e. The minimum atomic E-state index is -0.800. The number of alkyl carbamates (subject to hydrolysis) is 1. The van der Waals surface area contributed by atoms with E-state index in [9.17, 15) is 14.4 Å². The van der Waals surface area contributed by atoms with Gasteiger partial charge in [0.1, 0.15) is 12.6 Å². The first kappa shape index (κ1) is 25.3. The topological polar surface area (TPSA) is 105 Å². The molecule has 3 rings (SSSR count). The van der Waals surface area contributed by atoms with Crippen molar-refractivity contribution in [2.24, 2.45) is 5.92 Å². The van der Waals surface area contributed by atoms with Crippen molar-refractivity contribution < 1.29 is 24.2 Å². The first-order chi connectivity index (χ1) is 16.4. The molecule has 2 atom stereocenters. The number of hydrogen-bond acceptors (Lipinski definition) is 4. The summed E-state index contributed by atoms with van der Waals surface area (Å²) >= 11 is 0. The van der Waals surface area contributed by atoms with Gasteiger partial charge in [0.05, 0.1) is 0 Å². The molecule has 0 radical (unpaired) electrons. The number of hydrogen-bond donors (Lipinski definition) is 3. The van der Waals surface area contributed by atoms with Gasteiger partial charge < -0.3 is 20.5 Å². The zero-order chi connectivity index (χ0) is 24.5. The van der Waals surface area contributed by atoms with Gasteiger partial charge in [0.15, 0.2) is 0 Å². The standard InChI is InChI=1S/C27H34N2O5/c1-3-8-19(13-14-25(30)31)15-16-28-26(32)18(2)29-27(33)34-17-24-22-11-6-4-9-20(22)21-10-5-7-12-23(21)24/h4-7,9-12,18-19,24H,3,8,13-17H2,1-2H3,(H,28,32)(H,29,33)(H,30,31)/t18-,19?/m0/s1. The highest BCUT2D eigenvalue weighted by molar-refractivity contribution is 5.85. The molecule has 2 aromatic rings. The van der Waals surface area contributed by atoms with Crippen molar-refractivity contribution in [3.8, 4) is 11.1 Å². The molecule has 0 saturated heterocycles. The third-order valence-electron chi connectivity index (χ3n) is 6.39. The van der Waals surface area contributed by atoms with Gasteiger partial charge in [-0.1, -0.05) is 68.3 Å². The Kier molecular flexibility index (Phi) is 9.08. The Bertz CT molecular complexity index is 961. The van der Waals surface area contributed by atoms with Crippen LogP contribution in [0, 0.1) is 5.92 Å². The fraction of sp³-hybridized carbons (Fsp3) is 0.444. The molecule has 0 saturated carbocycles. The minimum Gasteiger partial charge on any atom is -0.481 e. The second-order valence-electron chi connectivity index (χ2n) is 8.86. The molecule has 0 aromatic heterocycles. The molecule has 1 aliphatic rings. The van der Waals surface area contributed by atoms with E-state index < -0.39 is 18.1 Å². The summed E-state index contributed by atoms with van der Waals surface area (Å²) in [5, 5.41) is 14.3. The Hall–Kier alpha value is -3.35. The van der Waals surface area contributed by atoms with Gasteiger partial charge in [-0.25, -0.2) is 4.79 Å². The molecule has 0 aliphatic heterocycles. The molecule has 0 spiro atoms. The molecule has 1 aliphatic carbocycles. The normalized spacial score (nSPS) is 13.9. The lowest BCUT2D eigenvalue weighted by atomic mass is 9.94. The van der Waals surface area contributed by atoms with Gasteiger partial charge in [-0.05, 0) is 47.9 Å². The molecule has 7 heteroatoms. The van der Waals surface area contributed by atoms with E-state index in [0.717, 1.165) is 35.1 Å². The smallest absolute Gasteiger partial charge is 0.407 e. The molecule has 182 valence electrons. The summed E-state index contributed by atoms with van der Waals surface area (Å²) in [4.78, 5) is 35.6. The molecule has 2 aromatic carbocycles. The van der Waals surface area contributed by atoms with Crippen LogP contribution >= 0.6 is 0 Å². The van der Waals surface area contributed by atoms with E-state index in [1.165, 1.54) is 0 Å². The zero-order valence-electron chi connectivity index (χ0n) is 19.9. The molecule has 2 amide bonds. The van der Waals surface area contributed by atoms with Crippen molar-refractivity contribution in [3.63, 3.8) is 0 Å². The van der Waals surface area contributed by atoms with Crippen LogP contribution < -0.4 is 10.6 Å². The number of carbonyl (C=O) groups excluding carboxylic acids is 2. The first-order valence-corrected chi connectivity index (χ1v) is 12.0. The summed E-state index contributed by atoms with van der Waals surface area (Å²) in [5.41, 5.74) is 4.58. The molecular formula is C27H34N2O5. The van der Waals surface area contributed by atoms with E-state index in [-0.39, 0.29) is 30.8 Å². The summed E-state index contributed by atoms with van der Waals surface area (Å²) in [5.74, 6) is -0.872. The summed E-state index contributed by atoms with van der Waals surface area (Å²) < 4.78 is 5.50. The summed E-state index contributed by atoms with van der Waals surface area (Å²) in [7, 11) is 0. The Labute approximate surface area is 200 Å². The molecular weight excluding hydrogens is 432 g/mol. The molecule has 34 heavy (non-hydrogen) atoms. The summed E-state index contributed by atoms with van der Waals surface area (Å²) in [6, 6.07) is 15.5. The van der Waals surface area contributed by atoms with Crippen LogP contribution in [0.4, 0.5) is 4.79 Å². The fourth-order valence-electron chi connectivity index (χ4n) is 4.60.